The zero-order chi connectivity index (χ0) is 20.0. The maximum absolute atomic E-state index is 12.4. The maximum Gasteiger partial charge on any atom is 0.509 e. The van der Waals surface area contributed by atoms with Crippen LogP contribution in [0.5, 0.6) is 5.75 Å². The van der Waals surface area contributed by atoms with Gasteiger partial charge in [0.05, 0.1) is 13.5 Å². The highest BCUT2D eigenvalue weighted by atomic mass is 16.7. The summed E-state index contributed by atoms with van der Waals surface area (Å²) >= 11 is 0. The topological polar surface area (TPSA) is 73.9 Å². The third-order valence-corrected chi connectivity index (χ3v) is 3.28. The van der Waals surface area contributed by atoms with Crippen LogP contribution in [-0.4, -0.2) is 30.9 Å². The highest BCUT2D eigenvalue weighted by Crippen LogP contribution is 2.25. The average molecular weight is 365 g/mol. The van der Waals surface area contributed by atoms with Gasteiger partial charge >= 0.3 is 6.16 Å². The first kappa shape index (κ1) is 21.8. The molecule has 0 spiro atoms. The summed E-state index contributed by atoms with van der Waals surface area (Å²) in [6.45, 7) is 11.4. The molecule has 0 bridgehead atoms. The molecule has 1 atom stereocenters. The summed E-state index contributed by atoms with van der Waals surface area (Å²) in [6, 6.07) is 7.04. The molecule has 6 heteroatoms. The van der Waals surface area contributed by atoms with Gasteiger partial charge in [-0.15, -0.1) is 0 Å². The van der Waals surface area contributed by atoms with E-state index in [2.05, 4.69) is 5.32 Å². The van der Waals surface area contributed by atoms with Crippen LogP contribution in [-0.2, 0) is 14.3 Å². The molecule has 0 heterocycles. The van der Waals surface area contributed by atoms with Gasteiger partial charge in [0.2, 0.25) is 5.91 Å². The van der Waals surface area contributed by atoms with Crippen molar-refractivity contribution in [3.8, 4) is 5.75 Å². The molecule has 1 N–H and O–H groups in total. The number of methoxy groups -OCH3 is 1. The number of benzene rings is 1. The minimum absolute atomic E-state index is 0.0581. The third-order valence-electron chi connectivity index (χ3n) is 3.28. The van der Waals surface area contributed by atoms with Gasteiger partial charge in [0.15, 0.2) is 0 Å². The third kappa shape index (κ3) is 9.30. The van der Waals surface area contributed by atoms with Crippen molar-refractivity contribution in [2.45, 2.75) is 66.1 Å². The van der Waals surface area contributed by atoms with Crippen LogP contribution in [0, 0.1) is 5.41 Å². The second kappa shape index (κ2) is 8.92. The van der Waals surface area contributed by atoms with Crippen molar-refractivity contribution in [2.24, 2.45) is 5.41 Å². The number of carbonyl (C=O) groups is 2. The fourth-order valence-electron chi connectivity index (χ4n) is 2.34. The maximum atomic E-state index is 12.4. The molecule has 0 aromatic heterocycles. The van der Waals surface area contributed by atoms with Crippen molar-refractivity contribution >= 4 is 17.7 Å². The van der Waals surface area contributed by atoms with E-state index >= 15 is 0 Å². The van der Waals surface area contributed by atoms with Gasteiger partial charge in [0.1, 0.15) is 17.5 Å². The van der Waals surface area contributed by atoms with Crippen molar-refractivity contribution in [2.75, 3.05) is 12.4 Å². The average Bonchev–Trinajstić information content (AvgIpc) is 2.43. The van der Waals surface area contributed by atoms with E-state index in [0.29, 0.717) is 17.9 Å². The molecule has 26 heavy (non-hydrogen) atoms. The van der Waals surface area contributed by atoms with E-state index in [1.54, 1.807) is 52.1 Å². The van der Waals surface area contributed by atoms with E-state index in [-0.39, 0.29) is 17.7 Å². The molecule has 0 radical (unpaired) electrons. The summed E-state index contributed by atoms with van der Waals surface area (Å²) in [7, 11) is 1.58. The van der Waals surface area contributed by atoms with E-state index in [9.17, 15) is 9.59 Å². The van der Waals surface area contributed by atoms with Crippen LogP contribution in [0.15, 0.2) is 24.3 Å². The monoisotopic (exact) mass is 365 g/mol. The van der Waals surface area contributed by atoms with Crippen molar-refractivity contribution in [1.29, 1.82) is 0 Å². The fourth-order valence-corrected chi connectivity index (χ4v) is 2.34. The Bertz CT molecular complexity index is 596. The van der Waals surface area contributed by atoms with Gasteiger partial charge in [-0.3, -0.25) is 4.79 Å². The Hall–Kier alpha value is -2.24. The van der Waals surface area contributed by atoms with Crippen molar-refractivity contribution in [3.05, 3.63) is 24.3 Å². The summed E-state index contributed by atoms with van der Waals surface area (Å²) in [5, 5.41) is 2.80. The summed E-state index contributed by atoms with van der Waals surface area (Å²) in [6.07, 6.45) is -0.725. The van der Waals surface area contributed by atoms with Crippen LogP contribution in [0.2, 0.25) is 0 Å². The van der Waals surface area contributed by atoms with Crippen LogP contribution in [0.25, 0.3) is 0 Å². The Morgan fingerprint density at radius 2 is 1.62 bits per heavy atom. The van der Waals surface area contributed by atoms with Gasteiger partial charge in [-0.05, 0) is 56.9 Å². The Morgan fingerprint density at radius 3 is 2.08 bits per heavy atom. The molecular weight excluding hydrogens is 334 g/mol. The molecule has 0 saturated heterocycles. The van der Waals surface area contributed by atoms with E-state index in [0.717, 1.165) is 0 Å². The minimum atomic E-state index is -0.760. The van der Waals surface area contributed by atoms with Crippen LogP contribution in [0.4, 0.5) is 10.5 Å². The molecular formula is C20H31NO5. The van der Waals surface area contributed by atoms with Crippen LogP contribution < -0.4 is 10.1 Å². The zero-order valence-electron chi connectivity index (χ0n) is 16.8. The lowest BCUT2D eigenvalue weighted by Gasteiger charge is -2.27. The molecule has 1 unspecified atom stereocenters. The molecule has 0 aliphatic rings. The normalized spacial score (nSPS) is 12.9. The number of anilines is 1. The number of amides is 1. The number of hydrogen-bond acceptors (Lipinski definition) is 5. The van der Waals surface area contributed by atoms with Gasteiger partial charge in [-0.25, -0.2) is 4.79 Å². The molecule has 0 saturated carbocycles. The zero-order valence-corrected chi connectivity index (χ0v) is 16.8. The Morgan fingerprint density at radius 1 is 1.04 bits per heavy atom. The first-order valence-corrected chi connectivity index (χ1v) is 8.71. The molecule has 6 nitrogen and oxygen atoms in total. The molecule has 146 valence electrons. The van der Waals surface area contributed by atoms with Crippen molar-refractivity contribution < 1.29 is 23.8 Å². The SMILES string of the molecule is COc1ccc(NC(=O)CC(CC(C)(C)C)OC(=O)OC(C)(C)C)cc1. The molecule has 1 rings (SSSR count). The standard InChI is InChI=1S/C20H31NO5/c1-19(2,3)13-16(25-18(23)26-20(4,5)6)12-17(22)21-14-8-10-15(24-7)11-9-14/h8-11,16H,12-13H2,1-7H3,(H,21,22). The first-order valence-electron chi connectivity index (χ1n) is 8.71. The molecule has 1 amide bonds. The summed E-state index contributed by atoms with van der Waals surface area (Å²) in [5.41, 5.74) is -0.0931. The largest absolute Gasteiger partial charge is 0.509 e. The highest BCUT2D eigenvalue weighted by molar-refractivity contribution is 5.91. The Balaban J connectivity index is 2.70. The predicted molar refractivity (Wildman–Crippen MR) is 101 cm³/mol. The number of hydrogen-bond donors (Lipinski definition) is 1. The van der Waals surface area contributed by atoms with Gasteiger partial charge < -0.3 is 19.5 Å². The van der Waals surface area contributed by atoms with E-state index in [4.69, 9.17) is 14.2 Å². The number of rotatable bonds is 6. The van der Waals surface area contributed by atoms with Crippen molar-refractivity contribution in [3.63, 3.8) is 0 Å². The highest BCUT2D eigenvalue weighted by Gasteiger charge is 2.27. The van der Waals surface area contributed by atoms with Crippen molar-refractivity contribution in [1.82, 2.24) is 0 Å². The second-order valence-corrected chi connectivity index (χ2v) is 8.45. The second-order valence-electron chi connectivity index (χ2n) is 8.45. The fraction of sp³-hybridized carbons (Fsp3) is 0.600. The molecule has 1 aromatic rings. The molecule has 0 aliphatic heterocycles. The minimum Gasteiger partial charge on any atom is -0.497 e. The van der Waals surface area contributed by atoms with E-state index < -0.39 is 17.9 Å². The van der Waals surface area contributed by atoms with Crippen LogP contribution in [0.1, 0.15) is 54.4 Å². The Labute approximate surface area is 156 Å². The van der Waals surface area contributed by atoms with E-state index in [1.807, 2.05) is 20.8 Å². The van der Waals surface area contributed by atoms with Crippen LogP contribution in [0.3, 0.4) is 0 Å². The predicted octanol–water partition coefficient (Wildman–Crippen LogP) is 4.78. The number of ether oxygens (including phenoxy) is 3. The first-order chi connectivity index (χ1) is 11.9. The van der Waals surface area contributed by atoms with Gasteiger partial charge in [-0.2, -0.15) is 0 Å². The lowest BCUT2D eigenvalue weighted by molar-refractivity contribution is -0.119. The lowest BCUT2D eigenvalue weighted by atomic mass is 9.88. The summed E-state index contributed by atoms with van der Waals surface area (Å²) in [5.74, 6) is 0.481. The summed E-state index contributed by atoms with van der Waals surface area (Å²) < 4.78 is 15.7. The van der Waals surface area contributed by atoms with Gasteiger partial charge in [0.25, 0.3) is 0 Å². The summed E-state index contributed by atoms with van der Waals surface area (Å²) in [4.78, 5) is 24.3. The Kier molecular flexibility index (Phi) is 7.48. The molecule has 0 fully saturated rings. The van der Waals surface area contributed by atoms with Gasteiger partial charge in [-0.1, -0.05) is 20.8 Å². The van der Waals surface area contributed by atoms with Gasteiger partial charge in [0, 0.05) is 5.69 Å². The van der Waals surface area contributed by atoms with Crippen LogP contribution >= 0.6 is 0 Å². The van der Waals surface area contributed by atoms with E-state index in [1.165, 1.54) is 0 Å². The number of carbonyl (C=O) groups excluding carboxylic acids is 2. The smallest absolute Gasteiger partial charge is 0.497 e. The quantitative estimate of drug-likeness (QED) is 0.734. The number of nitrogens with one attached hydrogen (secondary N) is 1. The molecule has 0 aliphatic carbocycles. The molecule has 1 aromatic carbocycles. The lowest BCUT2D eigenvalue weighted by Crippen LogP contribution is -2.32.